The van der Waals surface area contributed by atoms with Crippen LogP contribution in [0.3, 0.4) is 0 Å². The van der Waals surface area contributed by atoms with Crippen LogP contribution in [0.2, 0.25) is 0 Å². The van der Waals surface area contributed by atoms with Crippen LogP contribution in [0.15, 0.2) is 47.1 Å². The maximum atomic E-state index is 12.3. The lowest BCUT2D eigenvalue weighted by Gasteiger charge is -2.30. The average molecular weight is 323 g/mol. The molecule has 3 rings (SSSR count). The Hall–Kier alpha value is -3.07. The highest BCUT2D eigenvalue weighted by Gasteiger charge is 2.28. The fraction of sp³-hybridized carbons (Fsp3) is 0.278. The number of carbonyl (C=O) groups is 2. The van der Waals surface area contributed by atoms with Gasteiger partial charge in [0.25, 0.3) is 5.91 Å². The molecule has 0 aliphatic carbocycles. The van der Waals surface area contributed by atoms with Gasteiger partial charge in [0.05, 0.1) is 17.9 Å². The quantitative estimate of drug-likeness (QED) is 0.940. The van der Waals surface area contributed by atoms with E-state index >= 15 is 0 Å². The first kappa shape index (κ1) is 15.8. The summed E-state index contributed by atoms with van der Waals surface area (Å²) in [6.45, 7) is 1.07. The molecule has 6 heteroatoms. The van der Waals surface area contributed by atoms with E-state index in [1.165, 1.54) is 6.26 Å². The SMILES string of the molecule is N#Cc1ccc(NC(=O)C2CCN(C(=O)c3ccco3)CC2)cc1. The van der Waals surface area contributed by atoms with Crippen molar-refractivity contribution in [2.75, 3.05) is 18.4 Å². The molecule has 2 heterocycles. The molecule has 6 nitrogen and oxygen atoms in total. The molecule has 122 valence electrons. The summed E-state index contributed by atoms with van der Waals surface area (Å²) in [7, 11) is 0. The average Bonchev–Trinajstić information content (AvgIpc) is 3.16. The molecule has 0 spiro atoms. The molecule has 2 aromatic rings. The lowest BCUT2D eigenvalue weighted by Crippen LogP contribution is -2.41. The van der Waals surface area contributed by atoms with E-state index in [-0.39, 0.29) is 17.7 Å². The van der Waals surface area contributed by atoms with Crippen molar-refractivity contribution in [3.05, 3.63) is 54.0 Å². The summed E-state index contributed by atoms with van der Waals surface area (Å²) in [5, 5.41) is 11.6. The highest BCUT2D eigenvalue weighted by Crippen LogP contribution is 2.21. The largest absolute Gasteiger partial charge is 0.459 e. The van der Waals surface area contributed by atoms with Crippen molar-refractivity contribution in [2.24, 2.45) is 5.92 Å². The smallest absolute Gasteiger partial charge is 0.289 e. The standard InChI is InChI=1S/C18H17N3O3/c19-12-13-3-5-15(6-4-13)20-17(22)14-7-9-21(10-8-14)18(23)16-2-1-11-24-16/h1-6,11,14H,7-10H2,(H,20,22). The molecule has 0 unspecified atom stereocenters. The van der Waals surface area contributed by atoms with Gasteiger partial charge in [-0.15, -0.1) is 0 Å². The van der Waals surface area contributed by atoms with E-state index in [9.17, 15) is 9.59 Å². The van der Waals surface area contributed by atoms with Crippen LogP contribution < -0.4 is 5.32 Å². The second-order valence-corrected chi connectivity index (χ2v) is 5.72. The van der Waals surface area contributed by atoms with E-state index < -0.39 is 0 Å². The molecule has 0 bridgehead atoms. The van der Waals surface area contributed by atoms with Gasteiger partial charge < -0.3 is 14.6 Å². The van der Waals surface area contributed by atoms with Gasteiger partial charge in [-0.25, -0.2) is 0 Å². The third-order valence-corrected chi connectivity index (χ3v) is 4.17. The summed E-state index contributed by atoms with van der Waals surface area (Å²) in [6.07, 6.45) is 2.72. The minimum Gasteiger partial charge on any atom is -0.459 e. The molecule has 0 radical (unpaired) electrons. The van der Waals surface area contributed by atoms with Crippen molar-refractivity contribution in [3.63, 3.8) is 0 Å². The summed E-state index contributed by atoms with van der Waals surface area (Å²) >= 11 is 0. The summed E-state index contributed by atoms with van der Waals surface area (Å²) < 4.78 is 5.13. The second-order valence-electron chi connectivity index (χ2n) is 5.72. The topological polar surface area (TPSA) is 86.3 Å². The number of nitrogens with one attached hydrogen (secondary N) is 1. The Bertz CT molecular complexity index is 752. The van der Waals surface area contributed by atoms with Gasteiger partial charge in [-0.2, -0.15) is 5.26 Å². The van der Waals surface area contributed by atoms with Crippen LogP contribution in [0.1, 0.15) is 29.0 Å². The lowest BCUT2D eigenvalue weighted by molar-refractivity contribution is -0.121. The molecule has 1 aliphatic rings. The monoisotopic (exact) mass is 323 g/mol. The maximum Gasteiger partial charge on any atom is 0.289 e. The zero-order valence-electron chi connectivity index (χ0n) is 13.1. The van der Waals surface area contributed by atoms with Crippen molar-refractivity contribution < 1.29 is 14.0 Å². The zero-order chi connectivity index (χ0) is 16.9. The summed E-state index contributed by atoms with van der Waals surface area (Å²) in [5.74, 6) is 0.0209. The number of benzene rings is 1. The van der Waals surface area contributed by atoms with Crippen molar-refractivity contribution >= 4 is 17.5 Å². The molecule has 1 fully saturated rings. The fourth-order valence-corrected chi connectivity index (χ4v) is 2.77. The zero-order valence-corrected chi connectivity index (χ0v) is 13.1. The van der Waals surface area contributed by atoms with Crippen LogP contribution in [0.4, 0.5) is 5.69 Å². The number of hydrogen-bond donors (Lipinski definition) is 1. The third-order valence-electron chi connectivity index (χ3n) is 4.17. The number of likely N-dealkylation sites (tertiary alicyclic amines) is 1. The number of hydrogen-bond acceptors (Lipinski definition) is 4. The van der Waals surface area contributed by atoms with E-state index in [1.807, 2.05) is 6.07 Å². The highest BCUT2D eigenvalue weighted by molar-refractivity contribution is 5.94. The number of rotatable bonds is 3. The fourth-order valence-electron chi connectivity index (χ4n) is 2.77. The Balaban J connectivity index is 1.53. The summed E-state index contributed by atoms with van der Waals surface area (Å²) in [4.78, 5) is 26.2. The van der Waals surface area contributed by atoms with Crippen LogP contribution in [-0.2, 0) is 4.79 Å². The van der Waals surface area contributed by atoms with Crippen LogP contribution in [0.5, 0.6) is 0 Å². The van der Waals surface area contributed by atoms with Crippen molar-refractivity contribution in [1.82, 2.24) is 4.90 Å². The first-order valence-corrected chi connectivity index (χ1v) is 7.81. The number of nitrogens with zero attached hydrogens (tertiary/aromatic N) is 2. The van der Waals surface area contributed by atoms with E-state index in [2.05, 4.69) is 5.32 Å². The van der Waals surface area contributed by atoms with Gasteiger partial charge in [-0.05, 0) is 49.2 Å². The first-order chi connectivity index (χ1) is 11.7. The van der Waals surface area contributed by atoms with Crippen LogP contribution in [0, 0.1) is 17.2 Å². The molecular formula is C18H17N3O3. The Kier molecular flexibility index (Phi) is 4.62. The molecule has 0 saturated carbocycles. The molecule has 0 atom stereocenters. The molecule has 1 aromatic carbocycles. The molecule has 1 saturated heterocycles. The van der Waals surface area contributed by atoms with Crippen molar-refractivity contribution in [2.45, 2.75) is 12.8 Å². The van der Waals surface area contributed by atoms with Crippen LogP contribution >= 0.6 is 0 Å². The molecular weight excluding hydrogens is 306 g/mol. The molecule has 2 amide bonds. The number of furan rings is 1. The number of carbonyl (C=O) groups excluding carboxylic acids is 2. The number of piperidine rings is 1. The number of nitriles is 1. The predicted octanol–water partition coefficient (Wildman–Crippen LogP) is 2.64. The third kappa shape index (κ3) is 3.46. The maximum absolute atomic E-state index is 12.3. The van der Waals surface area contributed by atoms with Gasteiger partial charge in [0.15, 0.2) is 5.76 Å². The second kappa shape index (κ2) is 7.01. The Morgan fingerprint density at radius 3 is 2.46 bits per heavy atom. The van der Waals surface area contributed by atoms with Crippen molar-refractivity contribution in [1.29, 1.82) is 5.26 Å². The van der Waals surface area contributed by atoms with Gasteiger partial charge in [0.1, 0.15) is 0 Å². The summed E-state index contributed by atoms with van der Waals surface area (Å²) in [5.41, 5.74) is 1.23. The minimum atomic E-state index is -0.133. The minimum absolute atomic E-state index is 0.0511. The summed E-state index contributed by atoms with van der Waals surface area (Å²) in [6, 6.07) is 12.1. The Morgan fingerprint density at radius 1 is 1.17 bits per heavy atom. The van der Waals surface area contributed by atoms with E-state index in [0.717, 1.165) is 0 Å². The first-order valence-electron chi connectivity index (χ1n) is 7.81. The molecule has 1 aromatic heterocycles. The molecule has 1 N–H and O–H groups in total. The van der Waals surface area contributed by atoms with Crippen LogP contribution in [0.25, 0.3) is 0 Å². The van der Waals surface area contributed by atoms with E-state index in [4.69, 9.17) is 9.68 Å². The molecule has 24 heavy (non-hydrogen) atoms. The Morgan fingerprint density at radius 2 is 1.88 bits per heavy atom. The normalized spacial score (nSPS) is 14.9. The highest BCUT2D eigenvalue weighted by atomic mass is 16.3. The number of anilines is 1. The van der Waals surface area contributed by atoms with Gasteiger partial charge >= 0.3 is 0 Å². The van der Waals surface area contributed by atoms with Gasteiger partial charge in [-0.1, -0.05) is 0 Å². The predicted molar refractivity (Wildman–Crippen MR) is 87.1 cm³/mol. The lowest BCUT2D eigenvalue weighted by atomic mass is 9.95. The van der Waals surface area contributed by atoms with Crippen LogP contribution in [-0.4, -0.2) is 29.8 Å². The van der Waals surface area contributed by atoms with Gasteiger partial charge in [0, 0.05) is 24.7 Å². The van der Waals surface area contributed by atoms with E-state index in [1.54, 1.807) is 41.3 Å². The van der Waals surface area contributed by atoms with Gasteiger partial charge in [-0.3, -0.25) is 9.59 Å². The molecule has 1 aliphatic heterocycles. The van der Waals surface area contributed by atoms with Gasteiger partial charge in [0.2, 0.25) is 5.91 Å². The Labute approximate surface area is 139 Å². The van der Waals surface area contributed by atoms with Crippen molar-refractivity contribution in [3.8, 4) is 6.07 Å². The van der Waals surface area contributed by atoms with E-state index in [0.29, 0.717) is 42.9 Å². The number of amides is 2.